The quantitative estimate of drug-likeness (QED) is 0.797. The molecule has 0 saturated carbocycles. The second-order valence-electron chi connectivity index (χ2n) is 7.02. The lowest BCUT2D eigenvalue weighted by atomic mass is 10.0. The zero-order valence-electron chi connectivity index (χ0n) is 15.3. The standard InChI is InChI=1S/C20H23BrN2O4/c1-13-2-3-17(27-13)20(24)22-15-4-6-23(7-5-15)12-14-10-18-19(11-16(14)21)26-9-8-25-18/h2-3,10-11,15H,4-9,12H2,1H3,(H,22,24). The van der Waals surface area contributed by atoms with Crippen LogP contribution in [-0.2, 0) is 6.54 Å². The van der Waals surface area contributed by atoms with Gasteiger partial charge in [0, 0.05) is 30.1 Å². The Kier molecular flexibility index (Phi) is 5.41. The molecule has 0 radical (unpaired) electrons. The smallest absolute Gasteiger partial charge is 0.287 e. The molecule has 0 atom stereocenters. The van der Waals surface area contributed by atoms with Crippen molar-refractivity contribution in [3.63, 3.8) is 0 Å². The fourth-order valence-electron chi connectivity index (χ4n) is 3.52. The van der Waals surface area contributed by atoms with Gasteiger partial charge in [-0.25, -0.2) is 0 Å². The number of carbonyl (C=O) groups is 1. The number of furan rings is 1. The number of nitrogens with one attached hydrogen (secondary N) is 1. The van der Waals surface area contributed by atoms with E-state index in [1.54, 1.807) is 6.07 Å². The maximum Gasteiger partial charge on any atom is 0.287 e. The van der Waals surface area contributed by atoms with E-state index in [2.05, 4.69) is 32.2 Å². The Morgan fingerprint density at radius 1 is 1.19 bits per heavy atom. The van der Waals surface area contributed by atoms with Crippen LogP contribution >= 0.6 is 15.9 Å². The van der Waals surface area contributed by atoms with Crippen LogP contribution in [0.25, 0.3) is 0 Å². The predicted octanol–water partition coefficient (Wildman–Crippen LogP) is 3.52. The molecule has 1 amide bonds. The number of halogens is 1. The van der Waals surface area contributed by atoms with Gasteiger partial charge in [0.05, 0.1) is 0 Å². The normalized spacial score (nSPS) is 17.7. The van der Waals surface area contributed by atoms with Gasteiger partial charge in [-0.3, -0.25) is 9.69 Å². The number of likely N-dealkylation sites (tertiary alicyclic amines) is 1. The minimum absolute atomic E-state index is 0.129. The van der Waals surface area contributed by atoms with Gasteiger partial charge in [0.1, 0.15) is 19.0 Å². The molecule has 7 heteroatoms. The van der Waals surface area contributed by atoms with Crippen LogP contribution < -0.4 is 14.8 Å². The molecule has 2 aliphatic heterocycles. The van der Waals surface area contributed by atoms with Crippen molar-refractivity contribution in [1.82, 2.24) is 10.2 Å². The molecule has 144 valence electrons. The number of amides is 1. The lowest BCUT2D eigenvalue weighted by Crippen LogP contribution is -2.44. The van der Waals surface area contributed by atoms with Crippen LogP contribution in [0, 0.1) is 6.92 Å². The van der Waals surface area contributed by atoms with Crippen molar-refractivity contribution in [2.75, 3.05) is 26.3 Å². The summed E-state index contributed by atoms with van der Waals surface area (Å²) in [7, 11) is 0. The number of carbonyl (C=O) groups excluding carboxylic acids is 1. The lowest BCUT2D eigenvalue weighted by Gasteiger charge is -2.32. The number of nitrogens with zero attached hydrogens (tertiary/aromatic N) is 1. The largest absolute Gasteiger partial charge is 0.486 e. The summed E-state index contributed by atoms with van der Waals surface area (Å²) in [6.07, 6.45) is 1.85. The van der Waals surface area contributed by atoms with Gasteiger partial charge in [-0.1, -0.05) is 15.9 Å². The molecule has 1 aromatic carbocycles. The molecule has 1 saturated heterocycles. The Bertz CT molecular complexity index is 827. The third kappa shape index (κ3) is 4.30. The molecule has 4 rings (SSSR count). The molecule has 0 unspecified atom stereocenters. The summed E-state index contributed by atoms with van der Waals surface area (Å²) in [6, 6.07) is 7.76. The number of hydrogen-bond acceptors (Lipinski definition) is 5. The number of fused-ring (bicyclic) bond motifs is 1. The van der Waals surface area contributed by atoms with E-state index in [1.807, 2.05) is 19.1 Å². The van der Waals surface area contributed by atoms with Crippen molar-refractivity contribution in [3.8, 4) is 11.5 Å². The Morgan fingerprint density at radius 2 is 1.89 bits per heavy atom. The van der Waals surface area contributed by atoms with Crippen LogP contribution in [0.4, 0.5) is 0 Å². The van der Waals surface area contributed by atoms with Crippen LogP contribution in [0.15, 0.2) is 33.2 Å². The summed E-state index contributed by atoms with van der Waals surface area (Å²) >= 11 is 3.65. The predicted molar refractivity (Wildman–Crippen MR) is 104 cm³/mol. The van der Waals surface area contributed by atoms with Gasteiger partial charge in [-0.05, 0) is 49.6 Å². The first-order valence-electron chi connectivity index (χ1n) is 9.26. The Hall–Kier alpha value is -1.99. The first kappa shape index (κ1) is 18.4. The van der Waals surface area contributed by atoms with Crippen molar-refractivity contribution in [2.24, 2.45) is 0 Å². The highest BCUT2D eigenvalue weighted by Gasteiger charge is 2.23. The van der Waals surface area contributed by atoms with E-state index in [1.165, 1.54) is 5.56 Å². The third-order valence-corrected chi connectivity index (χ3v) is 5.73. The van der Waals surface area contributed by atoms with Crippen molar-refractivity contribution in [3.05, 3.63) is 45.8 Å². The maximum atomic E-state index is 12.2. The number of benzene rings is 1. The number of aryl methyl sites for hydroxylation is 1. The van der Waals surface area contributed by atoms with Gasteiger partial charge in [-0.2, -0.15) is 0 Å². The minimum atomic E-state index is -0.129. The molecule has 2 aromatic rings. The maximum absolute atomic E-state index is 12.2. The van der Waals surface area contributed by atoms with E-state index in [0.717, 1.165) is 54.2 Å². The van der Waals surface area contributed by atoms with Crippen LogP contribution in [-0.4, -0.2) is 43.2 Å². The van der Waals surface area contributed by atoms with E-state index >= 15 is 0 Å². The van der Waals surface area contributed by atoms with E-state index in [0.29, 0.717) is 19.0 Å². The molecule has 1 N–H and O–H groups in total. The summed E-state index contributed by atoms with van der Waals surface area (Å²) < 4.78 is 17.7. The van der Waals surface area contributed by atoms with Crippen LogP contribution in [0.3, 0.4) is 0 Å². The highest BCUT2D eigenvalue weighted by molar-refractivity contribution is 9.10. The molecule has 27 heavy (non-hydrogen) atoms. The van der Waals surface area contributed by atoms with Gasteiger partial charge in [0.2, 0.25) is 0 Å². The fourth-order valence-corrected chi connectivity index (χ4v) is 3.96. The van der Waals surface area contributed by atoms with Crippen LogP contribution in [0.5, 0.6) is 11.5 Å². The Morgan fingerprint density at radius 3 is 2.56 bits per heavy atom. The van der Waals surface area contributed by atoms with E-state index < -0.39 is 0 Å². The molecular weight excluding hydrogens is 412 g/mol. The van der Waals surface area contributed by atoms with E-state index in [9.17, 15) is 4.79 Å². The summed E-state index contributed by atoms with van der Waals surface area (Å²) in [5.41, 5.74) is 1.19. The molecule has 0 aliphatic carbocycles. The zero-order valence-corrected chi connectivity index (χ0v) is 16.9. The number of hydrogen-bond donors (Lipinski definition) is 1. The Balaban J connectivity index is 1.31. The molecule has 1 aromatic heterocycles. The van der Waals surface area contributed by atoms with E-state index in [-0.39, 0.29) is 11.9 Å². The first-order valence-corrected chi connectivity index (χ1v) is 10.1. The van der Waals surface area contributed by atoms with Gasteiger partial charge in [0.15, 0.2) is 17.3 Å². The SMILES string of the molecule is Cc1ccc(C(=O)NC2CCN(Cc3cc4c(cc3Br)OCCO4)CC2)o1. The van der Waals surface area contributed by atoms with Crippen LogP contribution in [0.2, 0.25) is 0 Å². The minimum Gasteiger partial charge on any atom is -0.486 e. The van der Waals surface area contributed by atoms with Gasteiger partial charge < -0.3 is 19.2 Å². The average molecular weight is 435 g/mol. The molecule has 1 fully saturated rings. The van der Waals surface area contributed by atoms with Gasteiger partial charge in [0.25, 0.3) is 5.91 Å². The average Bonchev–Trinajstić information content (AvgIpc) is 3.10. The molecule has 3 heterocycles. The van der Waals surface area contributed by atoms with Gasteiger partial charge in [-0.15, -0.1) is 0 Å². The Labute approximate surface area is 166 Å². The molecule has 6 nitrogen and oxygen atoms in total. The van der Waals surface area contributed by atoms with Crippen molar-refractivity contribution in [1.29, 1.82) is 0 Å². The zero-order chi connectivity index (χ0) is 18.8. The second-order valence-corrected chi connectivity index (χ2v) is 7.88. The van der Waals surface area contributed by atoms with Crippen molar-refractivity contribution in [2.45, 2.75) is 32.4 Å². The number of piperidine rings is 1. The van der Waals surface area contributed by atoms with E-state index in [4.69, 9.17) is 13.9 Å². The summed E-state index contributed by atoms with van der Waals surface area (Å²) in [5.74, 6) is 2.62. The summed E-state index contributed by atoms with van der Waals surface area (Å²) in [6.45, 7) is 5.73. The third-order valence-electron chi connectivity index (χ3n) is 4.99. The fraction of sp³-hybridized carbons (Fsp3) is 0.450. The number of ether oxygens (including phenoxy) is 2. The molecule has 0 bridgehead atoms. The van der Waals surface area contributed by atoms with Crippen molar-refractivity contribution < 1.29 is 18.7 Å². The van der Waals surface area contributed by atoms with Crippen molar-refractivity contribution >= 4 is 21.8 Å². The summed E-state index contributed by atoms with van der Waals surface area (Å²) in [5, 5.41) is 3.08. The number of rotatable bonds is 4. The highest BCUT2D eigenvalue weighted by atomic mass is 79.9. The topological polar surface area (TPSA) is 63.9 Å². The molecular formula is C20H23BrN2O4. The first-order chi connectivity index (χ1) is 13.1. The lowest BCUT2D eigenvalue weighted by molar-refractivity contribution is 0.0879. The highest BCUT2D eigenvalue weighted by Crippen LogP contribution is 2.36. The molecule has 0 spiro atoms. The molecule has 2 aliphatic rings. The monoisotopic (exact) mass is 434 g/mol. The van der Waals surface area contributed by atoms with Gasteiger partial charge >= 0.3 is 0 Å². The van der Waals surface area contributed by atoms with Crippen LogP contribution in [0.1, 0.15) is 34.7 Å². The summed E-state index contributed by atoms with van der Waals surface area (Å²) in [4.78, 5) is 14.6. The second kappa shape index (κ2) is 7.94.